The van der Waals surface area contributed by atoms with Gasteiger partial charge in [0, 0.05) is 66.7 Å². The van der Waals surface area contributed by atoms with Crippen LogP contribution in [-0.2, 0) is 37.4 Å². The van der Waals surface area contributed by atoms with Crippen molar-refractivity contribution in [3.8, 4) is 28.1 Å². The second-order valence-corrected chi connectivity index (χ2v) is 26.4. The van der Waals surface area contributed by atoms with Crippen LogP contribution in [-0.4, -0.2) is 134 Å². The number of aromatic amines is 1. The summed E-state index contributed by atoms with van der Waals surface area (Å²) in [6.07, 6.45) is 15.1. The van der Waals surface area contributed by atoms with E-state index in [4.69, 9.17) is 19.6 Å². The number of likely N-dealkylation sites (N-methyl/N-ethyl adjacent to an activating group) is 1. The zero-order valence-corrected chi connectivity index (χ0v) is 53.4. The van der Waals surface area contributed by atoms with Gasteiger partial charge in [0.1, 0.15) is 23.5 Å². The van der Waals surface area contributed by atoms with Gasteiger partial charge in [-0.2, -0.15) is 5.10 Å². The summed E-state index contributed by atoms with van der Waals surface area (Å²) in [5, 5.41) is 25.2. The summed E-state index contributed by atoms with van der Waals surface area (Å²) >= 11 is 0. The Morgan fingerprint density at radius 1 is 0.780 bits per heavy atom. The maximum atomic E-state index is 15.0. The van der Waals surface area contributed by atoms with Crippen molar-refractivity contribution in [3.63, 3.8) is 0 Å². The number of fused-ring (bicyclic) bond motifs is 5. The summed E-state index contributed by atoms with van der Waals surface area (Å²) in [7, 11) is 6.35. The lowest BCUT2D eigenvalue weighted by atomic mass is 9.81. The molecular formula is C69H87N13O9. The van der Waals surface area contributed by atoms with Gasteiger partial charge < -0.3 is 51.3 Å². The molecule has 12 rings (SSSR count). The van der Waals surface area contributed by atoms with Gasteiger partial charge in [-0.15, -0.1) is 0 Å². The second-order valence-electron chi connectivity index (χ2n) is 26.4. The van der Waals surface area contributed by atoms with Gasteiger partial charge in [0.05, 0.1) is 71.9 Å². The summed E-state index contributed by atoms with van der Waals surface area (Å²) in [5.74, 6) is -1.08. The molecule has 5 aliphatic rings. The Morgan fingerprint density at radius 2 is 1.56 bits per heavy atom. The van der Waals surface area contributed by atoms with E-state index >= 15 is 0 Å². The molecule has 5 heterocycles. The van der Waals surface area contributed by atoms with Gasteiger partial charge in [0.15, 0.2) is 0 Å². The van der Waals surface area contributed by atoms with Gasteiger partial charge >= 0.3 is 11.8 Å². The molecule has 22 heteroatoms. The summed E-state index contributed by atoms with van der Waals surface area (Å²) in [6.45, 7) is 6.49. The smallest absolute Gasteiger partial charge is 0.407 e. The Morgan fingerprint density at radius 3 is 2.32 bits per heavy atom. The molecule has 4 fully saturated rings. The van der Waals surface area contributed by atoms with E-state index in [1.165, 1.54) is 12.7 Å². The number of methoxy groups -OCH3 is 2. The number of aryl methyl sites for hydroxylation is 2. The van der Waals surface area contributed by atoms with Gasteiger partial charge in [-0.25, -0.2) is 14.6 Å². The third-order valence-corrected chi connectivity index (χ3v) is 20.5. The number of aromatic nitrogens is 6. The molecule has 0 bridgehead atoms. The van der Waals surface area contributed by atoms with E-state index in [0.29, 0.717) is 79.7 Å². The van der Waals surface area contributed by atoms with Crippen LogP contribution in [0.5, 0.6) is 5.75 Å². The number of rotatable bonds is 18. The van der Waals surface area contributed by atoms with Crippen LogP contribution in [0, 0.1) is 17.8 Å². The molecule has 3 aromatic carbocycles. The van der Waals surface area contributed by atoms with E-state index in [0.717, 1.165) is 95.4 Å². The molecule has 7 atom stereocenters. The second kappa shape index (κ2) is 26.7. The number of amides is 6. The fourth-order valence-electron chi connectivity index (χ4n) is 15.3. The Kier molecular flexibility index (Phi) is 18.4. The van der Waals surface area contributed by atoms with Crippen molar-refractivity contribution in [2.75, 3.05) is 34.4 Å². The van der Waals surface area contributed by atoms with E-state index in [1.54, 1.807) is 49.9 Å². The Labute approximate surface area is 529 Å². The average Bonchev–Trinajstić information content (AvgIpc) is 1.57. The fraction of sp³-hybridized carbons (Fsp3) is 0.522. The predicted molar refractivity (Wildman–Crippen MR) is 347 cm³/mol. The number of hydrogen-bond donors (Lipinski definition) is 7. The van der Waals surface area contributed by atoms with Gasteiger partial charge in [0.2, 0.25) is 23.6 Å². The highest BCUT2D eigenvalue weighted by molar-refractivity contribution is 6.15. The van der Waals surface area contributed by atoms with Crippen molar-refractivity contribution in [3.05, 3.63) is 100 Å². The number of likely N-dealkylation sites (tertiary alicyclic amines) is 1. The summed E-state index contributed by atoms with van der Waals surface area (Å²) < 4.78 is 16.4. The van der Waals surface area contributed by atoms with Crippen molar-refractivity contribution in [1.82, 2.24) is 65.7 Å². The van der Waals surface area contributed by atoms with Crippen molar-refractivity contribution in [2.45, 2.75) is 172 Å². The van der Waals surface area contributed by atoms with Crippen LogP contribution in [0.25, 0.3) is 55.4 Å². The largest absolute Gasteiger partial charge is 0.496 e. The van der Waals surface area contributed by atoms with Crippen molar-refractivity contribution in [1.29, 1.82) is 0 Å². The molecule has 4 aliphatic carbocycles. The first-order valence-electron chi connectivity index (χ1n) is 32.9. The molecule has 1 aliphatic heterocycles. The fourth-order valence-corrected chi connectivity index (χ4v) is 15.3. The highest BCUT2D eigenvalue weighted by Crippen LogP contribution is 2.45. The highest BCUT2D eigenvalue weighted by Gasteiger charge is 2.46. The van der Waals surface area contributed by atoms with E-state index in [9.17, 15) is 33.6 Å². The Balaban J connectivity index is 0.743. The number of ether oxygens (including phenoxy) is 2. The standard InChI is InChI=1S/C69H87N13O9/c1-38(2)82-53-29-25-44(30-46(53)35-73-82)57-58-61-55(79(5)69(89)81(61)49-27-26-47(32-49)75-68(88)91-7)36-71-62(58)77-59(57)45-24-28-51(56(31-45)90-6)65(85)72-34-40-20-22-43(23-21-40)64(84)74-48-33-54(66(86)76-52-19-13-17-41-14-11-12-18-50(41)52)80(37-48)67(87)60(42-15-9-8-10-16-42)78-63(83)39(3)70-4/h11-12,14,18,24-25,28-31,35-36,38-40,42-43,47-49,52,54,60,70H,8-10,13,15-17,19-23,26-27,32-34,37H2,1-7H3,(H,71,77)(H,72,85)(H,74,84)(H,75,88)(H,76,86)(H,78,83)/t39-,40-,43-,47+,48-,49+,52+,54-,60-/m0/s1. The molecule has 91 heavy (non-hydrogen) atoms. The number of imidazole rings is 1. The van der Waals surface area contributed by atoms with Crippen molar-refractivity contribution >= 4 is 68.6 Å². The van der Waals surface area contributed by atoms with Crippen LogP contribution in [0.15, 0.2) is 77.9 Å². The Bertz CT molecular complexity index is 3960. The summed E-state index contributed by atoms with van der Waals surface area (Å²) in [5.41, 5.74) is 8.52. The van der Waals surface area contributed by atoms with Crippen LogP contribution in [0.3, 0.4) is 0 Å². The van der Waals surface area contributed by atoms with Crippen LogP contribution in [0.1, 0.15) is 157 Å². The number of carbonyl (C=O) groups excluding carboxylic acids is 6. The first-order valence-corrected chi connectivity index (χ1v) is 32.9. The number of alkyl carbamates (subject to hydrolysis) is 1. The molecule has 1 saturated heterocycles. The molecular weight excluding hydrogens is 1150 g/mol. The van der Waals surface area contributed by atoms with E-state index < -0.39 is 30.3 Å². The topological polar surface area (TPSA) is 270 Å². The minimum atomic E-state index is -0.838. The molecule has 0 spiro atoms. The number of nitrogens with one attached hydrogen (secondary N) is 7. The van der Waals surface area contributed by atoms with Gasteiger partial charge in [-0.1, -0.05) is 55.7 Å². The molecule has 3 saturated carbocycles. The SMILES string of the molecule is CN[C@@H](C)C(=O)N[C@H](C(=O)N1C[C@@H](NC(=O)[C@H]2CC[C@H](CNC(=O)c3ccc(-c4[nH]c5ncc6c(c5c4-c4ccc5c(cnn5C(C)C)c4)n([C@@H]4CC[C@@H](NC(=O)OC)C4)c(=O)n6C)cc3OC)CC2)C[C@H]1C(=O)N[C@@H]1CCCc2ccccc21)C1CCCCC1. The van der Waals surface area contributed by atoms with E-state index in [1.807, 2.05) is 39.7 Å². The minimum Gasteiger partial charge on any atom is -0.496 e. The minimum absolute atomic E-state index is 0.0678. The quantitative estimate of drug-likeness (QED) is 0.0427. The maximum absolute atomic E-state index is 15.0. The molecule has 482 valence electrons. The lowest BCUT2D eigenvalue weighted by Gasteiger charge is -2.35. The maximum Gasteiger partial charge on any atom is 0.407 e. The first kappa shape index (κ1) is 62.7. The lowest BCUT2D eigenvalue weighted by Crippen LogP contribution is -2.58. The van der Waals surface area contributed by atoms with Gasteiger partial charge in [-0.3, -0.25) is 37.8 Å². The Hall–Kier alpha value is -8.53. The van der Waals surface area contributed by atoms with E-state index in [-0.39, 0.29) is 90.1 Å². The zero-order chi connectivity index (χ0) is 63.8. The molecule has 0 radical (unpaired) electrons. The molecule has 7 N–H and O–H groups in total. The van der Waals surface area contributed by atoms with E-state index in [2.05, 4.69) is 81.1 Å². The van der Waals surface area contributed by atoms with Crippen molar-refractivity contribution in [2.24, 2.45) is 24.8 Å². The number of hydrogen-bond acceptors (Lipinski definition) is 12. The first-order chi connectivity index (χ1) is 44.0. The number of nitrogens with zero attached hydrogens (tertiary/aromatic N) is 6. The summed E-state index contributed by atoms with van der Waals surface area (Å²) in [4.78, 5) is 108. The third kappa shape index (κ3) is 12.6. The van der Waals surface area contributed by atoms with Gasteiger partial charge in [-0.05, 0) is 164 Å². The molecule has 4 aromatic heterocycles. The zero-order valence-electron chi connectivity index (χ0n) is 53.4. The molecule has 6 amide bonds. The lowest BCUT2D eigenvalue weighted by molar-refractivity contribution is -0.143. The normalized spacial score (nSPS) is 22.6. The predicted octanol–water partition coefficient (Wildman–Crippen LogP) is 8.43. The molecule has 0 unspecified atom stereocenters. The number of benzene rings is 3. The van der Waals surface area contributed by atoms with Crippen LogP contribution in [0.4, 0.5) is 4.79 Å². The van der Waals surface area contributed by atoms with Crippen LogP contribution < -0.4 is 42.3 Å². The number of carbonyl (C=O) groups is 6. The monoisotopic (exact) mass is 1240 g/mol. The number of pyridine rings is 1. The van der Waals surface area contributed by atoms with Gasteiger partial charge in [0.25, 0.3) is 5.91 Å². The number of H-pyrrole nitrogens is 1. The highest BCUT2D eigenvalue weighted by atomic mass is 16.5. The van der Waals surface area contributed by atoms with Crippen LogP contribution in [0.2, 0.25) is 0 Å². The third-order valence-electron chi connectivity index (χ3n) is 20.5. The molecule has 7 aromatic rings. The van der Waals surface area contributed by atoms with Crippen molar-refractivity contribution < 1.29 is 38.2 Å². The van der Waals surface area contributed by atoms with Crippen LogP contribution >= 0.6 is 0 Å². The average molecular weight is 1240 g/mol. The molecule has 22 nitrogen and oxygen atoms in total. The summed E-state index contributed by atoms with van der Waals surface area (Å²) in [6, 6.07) is 16.8.